The zero-order valence-corrected chi connectivity index (χ0v) is 46.9. The molecule has 404 valence electrons. The molecular formula is C80H59N5. The molecule has 2 aliphatic carbocycles. The monoisotopic (exact) mass is 1090 g/mol. The molecule has 0 saturated heterocycles. The van der Waals surface area contributed by atoms with Crippen molar-refractivity contribution in [3.8, 4) is 22.3 Å². The van der Waals surface area contributed by atoms with E-state index in [1.165, 1.54) is 44.5 Å². The summed E-state index contributed by atoms with van der Waals surface area (Å²) in [7, 11) is 0. The van der Waals surface area contributed by atoms with E-state index in [0.29, 0.717) is 0 Å². The topological polar surface area (TPSA) is 16.2 Å². The van der Waals surface area contributed by atoms with Crippen molar-refractivity contribution in [3.05, 3.63) is 356 Å². The Kier molecular flexibility index (Phi) is 13.3. The number of nitrogens with zero attached hydrogens (tertiary/aromatic N) is 5. The number of anilines is 15. The highest BCUT2D eigenvalue weighted by molar-refractivity contribution is 5.88. The van der Waals surface area contributed by atoms with Crippen LogP contribution in [0.25, 0.3) is 22.3 Å². The second kappa shape index (κ2) is 22.3. The smallest absolute Gasteiger partial charge is 0.0464 e. The summed E-state index contributed by atoms with van der Waals surface area (Å²) in [5, 5.41) is 0. The lowest BCUT2D eigenvalue weighted by Gasteiger charge is -2.30. The van der Waals surface area contributed by atoms with Crippen LogP contribution < -0.4 is 24.5 Å². The van der Waals surface area contributed by atoms with Gasteiger partial charge < -0.3 is 24.5 Å². The highest BCUT2D eigenvalue weighted by Crippen LogP contribution is 2.47. The van der Waals surface area contributed by atoms with Gasteiger partial charge in [0.25, 0.3) is 0 Å². The summed E-state index contributed by atoms with van der Waals surface area (Å²) in [4.78, 5) is 11.7. The van der Waals surface area contributed by atoms with E-state index in [-0.39, 0.29) is 0 Å². The molecule has 0 radical (unpaired) electrons. The van der Waals surface area contributed by atoms with Crippen LogP contribution in [-0.4, -0.2) is 0 Å². The largest absolute Gasteiger partial charge is 0.311 e. The molecule has 0 aromatic heterocycles. The van der Waals surface area contributed by atoms with Crippen molar-refractivity contribution in [1.82, 2.24) is 0 Å². The molecule has 13 aromatic carbocycles. The molecule has 0 spiro atoms. The molecule has 2 aliphatic rings. The van der Waals surface area contributed by atoms with Crippen LogP contribution in [0.5, 0.6) is 0 Å². The normalized spacial score (nSPS) is 11.7. The molecule has 0 atom stereocenters. The lowest BCUT2D eigenvalue weighted by molar-refractivity contribution is 1.22. The van der Waals surface area contributed by atoms with Gasteiger partial charge in [0.05, 0.1) is 0 Å². The van der Waals surface area contributed by atoms with Crippen LogP contribution in [0.4, 0.5) is 85.3 Å². The molecule has 13 aromatic rings. The van der Waals surface area contributed by atoms with Crippen LogP contribution in [0.1, 0.15) is 22.3 Å². The summed E-state index contributed by atoms with van der Waals surface area (Å²) in [5.74, 6) is 0. The van der Waals surface area contributed by atoms with Gasteiger partial charge in [-0.1, -0.05) is 152 Å². The third kappa shape index (κ3) is 9.84. The standard InChI is InChI=1S/C80H59N5/c1-6-22-62(23-7-1)81(67-34-38-69(39-35-67)82(63-24-8-2-9-25-63)71-42-46-73(47-43-71)84(65-28-12-4-13-29-65)75-50-52-79-60(56-75)54-58-20-16-18-32-77(58)79)68-36-40-70(41-37-68)83(64-26-10-3-11-27-64)72-44-48-74(49-45-72)85(66-30-14-5-15-31-66)76-51-53-80-61(57-76)55-59-21-17-19-33-78(59)80/h1-53,56-57H,54-55H2. The summed E-state index contributed by atoms with van der Waals surface area (Å²) < 4.78 is 0. The van der Waals surface area contributed by atoms with E-state index in [1.807, 2.05) is 0 Å². The molecule has 5 heteroatoms. The minimum Gasteiger partial charge on any atom is -0.311 e. The molecule has 15 rings (SSSR count). The van der Waals surface area contributed by atoms with Gasteiger partial charge in [0.1, 0.15) is 0 Å². The van der Waals surface area contributed by atoms with Gasteiger partial charge in [-0.25, -0.2) is 0 Å². The maximum Gasteiger partial charge on any atom is 0.0464 e. The fraction of sp³-hybridized carbons (Fsp3) is 0.0250. The summed E-state index contributed by atoms with van der Waals surface area (Å²) in [6.45, 7) is 0. The molecule has 0 amide bonds. The first-order valence-electron chi connectivity index (χ1n) is 29.2. The van der Waals surface area contributed by atoms with Gasteiger partial charge in [0, 0.05) is 85.3 Å². The quantitative estimate of drug-likeness (QED) is 0.101. The van der Waals surface area contributed by atoms with E-state index >= 15 is 0 Å². The molecule has 0 fully saturated rings. The van der Waals surface area contributed by atoms with Crippen LogP contribution in [0.15, 0.2) is 334 Å². The Bertz CT molecular complexity index is 4170. The molecule has 0 N–H and O–H groups in total. The Morgan fingerprint density at radius 2 is 0.318 bits per heavy atom. The lowest BCUT2D eigenvalue weighted by Crippen LogP contribution is -2.14. The molecule has 0 aliphatic heterocycles. The van der Waals surface area contributed by atoms with Gasteiger partial charge >= 0.3 is 0 Å². The van der Waals surface area contributed by atoms with E-state index < -0.39 is 0 Å². The molecule has 5 nitrogen and oxygen atoms in total. The number of hydrogen-bond donors (Lipinski definition) is 0. The van der Waals surface area contributed by atoms with Crippen molar-refractivity contribution in [1.29, 1.82) is 0 Å². The van der Waals surface area contributed by atoms with Gasteiger partial charge in [-0.05, 0) is 239 Å². The van der Waals surface area contributed by atoms with Crippen molar-refractivity contribution >= 4 is 85.3 Å². The van der Waals surface area contributed by atoms with Crippen molar-refractivity contribution in [3.63, 3.8) is 0 Å². The fourth-order valence-corrected chi connectivity index (χ4v) is 12.7. The average molecular weight is 1090 g/mol. The van der Waals surface area contributed by atoms with E-state index in [4.69, 9.17) is 0 Å². The van der Waals surface area contributed by atoms with E-state index in [0.717, 1.165) is 98.2 Å². The number of hydrogen-bond acceptors (Lipinski definition) is 5. The Balaban J connectivity index is 0.735. The third-order valence-electron chi connectivity index (χ3n) is 16.6. The Morgan fingerprint density at radius 3 is 0.565 bits per heavy atom. The highest BCUT2D eigenvalue weighted by Gasteiger charge is 2.25. The van der Waals surface area contributed by atoms with Crippen molar-refractivity contribution in [2.45, 2.75) is 12.8 Å². The zero-order valence-electron chi connectivity index (χ0n) is 46.9. The van der Waals surface area contributed by atoms with E-state index in [9.17, 15) is 0 Å². The number of benzene rings is 13. The van der Waals surface area contributed by atoms with Crippen LogP contribution in [0.3, 0.4) is 0 Å². The van der Waals surface area contributed by atoms with Crippen molar-refractivity contribution in [2.24, 2.45) is 0 Å². The minimum atomic E-state index is 0.939. The van der Waals surface area contributed by atoms with Crippen LogP contribution >= 0.6 is 0 Å². The first-order valence-corrected chi connectivity index (χ1v) is 29.2. The fourth-order valence-electron chi connectivity index (χ4n) is 12.7. The predicted molar refractivity (Wildman–Crippen MR) is 356 cm³/mol. The van der Waals surface area contributed by atoms with Gasteiger partial charge in [-0.2, -0.15) is 0 Å². The summed E-state index contributed by atoms with van der Waals surface area (Å²) in [5.41, 5.74) is 27.1. The number of para-hydroxylation sites is 5. The van der Waals surface area contributed by atoms with Crippen molar-refractivity contribution < 1.29 is 0 Å². The predicted octanol–water partition coefficient (Wildman–Crippen LogP) is 22.2. The number of rotatable bonds is 15. The van der Waals surface area contributed by atoms with Crippen LogP contribution in [0, 0.1) is 0 Å². The first kappa shape index (κ1) is 50.8. The SMILES string of the molecule is c1ccc(N(c2ccc(N(c3ccccc3)c3ccc(N(c4ccccc4)c4ccc5c(c4)Cc4ccccc4-5)cc3)cc2)c2ccc(N(c3ccccc3)c3ccc(N(c4ccccc4)c4ccc5c(c4)Cc4ccccc4-5)cc3)cc2)cc1. The van der Waals surface area contributed by atoms with Crippen molar-refractivity contribution in [2.75, 3.05) is 24.5 Å². The molecule has 85 heavy (non-hydrogen) atoms. The van der Waals surface area contributed by atoms with E-state index in [2.05, 4.69) is 358 Å². The Hall–Kier alpha value is -11.1. The lowest BCUT2D eigenvalue weighted by atomic mass is 10.0. The van der Waals surface area contributed by atoms with Gasteiger partial charge in [0.15, 0.2) is 0 Å². The molecule has 0 saturated carbocycles. The van der Waals surface area contributed by atoms with E-state index in [1.54, 1.807) is 0 Å². The first-order chi connectivity index (χ1) is 42.1. The van der Waals surface area contributed by atoms with Crippen LogP contribution in [-0.2, 0) is 12.8 Å². The Labute approximate surface area is 498 Å². The highest BCUT2D eigenvalue weighted by atomic mass is 15.2. The summed E-state index contributed by atoms with van der Waals surface area (Å²) in [6.07, 6.45) is 1.88. The van der Waals surface area contributed by atoms with Gasteiger partial charge in [0.2, 0.25) is 0 Å². The maximum absolute atomic E-state index is 2.37. The maximum atomic E-state index is 2.37. The number of fused-ring (bicyclic) bond motifs is 6. The van der Waals surface area contributed by atoms with Gasteiger partial charge in [-0.3, -0.25) is 0 Å². The summed E-state index contributed by atoms with van der Waals surface area (Å²) in [6, 6.07) is 121. The zero-order chi connectivity index (χ0) is 56.5. The molecule has 0 unspecified atom stereocenters. The third-order valence-corrected chi connectivity index (χ3v) is 16.6. The average Bonchev–Trinajstić information content (AvgIpc) is 2.86. The Morgan fingerprint density at radius 1 is 0.141 bits per heavy atom. The molecule has 0 heterocycles. The van der Waals surface area contributed by atoms with Crippen LogP contribution in [0.2, 0.25) is 0 Å². The minimum absolute atomic E-state index is 0.939. The second-order valence-electron chi connectivity index (χ2n) is 21.8. The molecular weight excluding hydrogens is 1030 g/mol. The second-order valence-corrected chi connectivity index (χ2v) is 21.8. The van der Waals surface area contributed by atoms with Gasteiger partial charge in [-0.15, -0.1) is 0 Å². The summed E-state index contributed by atoms with van der Waals surface area (Å²) >= 11 is 0. The molecule has 0 bridgehead atoms.